The van der Waals surface area contributed by atoms with Gasteiger partial charge >= 0.3 is 0 Å². The minimum absolute atomic E-state index is 0.0733. The summed E-state index contributed by atoms with van der Waals surface area (Å²) >= 11 is 0. The molecule has 0 radical (unpaired) electrons. The van der Waals surface area contributed by atoms with E-state index in [2.05, 4.69) is 253 Å². The first kappa shape index (κ1) is 44.2. The second kappa shape index (κ2) is 15.2. The van der Waals surface area contributed by atoms with Crippen molar-refractivity contribution in [3.63, 3.8) is 0 Å². The van der Waals surface area contributed by atoms with Gasteiger partial charge in [-0.3, -0.25) is 0 Å². The zero-order valence-electron chi connectivity index (χ0n) is 43.2. The van der Waals surface area contributed by atoms with E-state index in [1.165, 1.54) is 142 Å². The zero-order valence-corrected chi connectivity index (χ0v) is 43.2. The molecule has 12 aromatic carbocycles. The van der Waals surface area contributed by atoms with Crippen molar-refractivity contribution >= 4 is 75.4 Å². The Morgan fingerprint density at radius 3 is 0.657 bits per heavy atom. The molecule has 0 spiro atoms. The van der Waals surface area contributed by atoms with E-state index in [4.69, 9.17) is 0 Å². The van der Waals surface area contributed by atoms with E-state index < -0.39 is 0 Å². The van der Waals surface area contributed by atoms with Crippen LogP contribution in [-0.4, -0.2) is 0 Å². The topological polar surface area (TPSA) is 0 Å². The van der Waals surface area contributed by atoms with Gasteiger partial charge in [0, 0.05) is 0 Å². The lowest BCUT2D eigenvalue weighted by Gasteiger charge is -2.26. The quantitative estimate of drug-likeness (QED) is 0.165. The van der Waals surface area contributed by atoms with Crippen LogP contribution in [0.1, 0.15) is 105 Å². The molecular formula is C70H64. The molecule has 0 bridgehead atoms. The molecule has 0 aliphatic heterocycles. The van der Waals surface area contributed by atoms with Gasteiger partial charge in [0.1, 0.15) is 0 Å². The Balaban J connectivity index is 1.56. The Morgan fingerprint density at radius 2 is 0.429 bits per heavy atom. The highest BCUT2D eigenvalue weighted by molar-refractivity contribution is 6.53. The molecule has 0 atom stereocenters. The Morgan fingerprint density at radius 1 is 0.214 bits per heavy atom. The fourth-order valence-corrected chi connectivity index (χ4v) is 12.0. The Bertz CT molecular complexity index is 3740. The predicted octanol–water partition coefficient (Wildman–Crippen LogP) is 20.5. The zero-order chi connectivity index (χ0) is 48.8. The van der Waals surface area contributed by atoms with E-state index in [1.54, 1.807) is 0 Å². The molecular weight excluding hydrogens is 841 g/mol. The number of rotatable bonds is 4. The lowest BCUT2D eigenvalue weighted by atomic mass is 9.76. The standard InChI is InChI=1S/C70H64/c1-67(2,3)47-33-45-35-49(69(7,8)9)39-53-55(45)51(37-47)61-62-52-38-48(68(4,5)6)34-46-36-50(70(10,11)12)40-54(56(46)52)64(62)66-60(44-31-23-16-24-32-44)58(42-27-19-14-20-28-42)57(41-25-17-13-18-26-41)59(65(66)63(53)61)43-29-21-15-22-30-43/h13-40H,1-12H3. The van der Waals surface area contributed by atoms with Crippen molar-refractivity contribution in [1.82, 2.24) is 0 Å². The summed E-state index contributed by atoms with van der Waals surface area (Å²) in [6, 6.07) is 65.7. The molecule has 12 aromatic rings. The van der Waals surface area contributed by atoms with Crippen LogP contribution in [0.15, 0.2) is 170 Å². The molecule has 0 aliphatic rings. The normalized spacial score (nSPS) is 13.1. The van der Waals surface area contributed by atoms with E-state index in [9.17, 15) is 0 Å². The summed E-state index contributed by atoms with van der Waals surface area (Å²) in [5, 5.41) is 18.9. The minimum atomic E-state index is -0.0855. The monoisotopic (exact) mass is 905 g/mol. The van der Waals surface area contributed by atoms with E-state index in [1.807, 2.05) is 0 Å². The van der Waals surface area contributed by atoms with Crippen molar-refractivity contribution in [3.8, 4) is 44.5 Å². The summed E-state index contributed by atoms with van der Waals surface area (Å²) in [5.41, 5.74) is 15.1. The van der Waals surface area contributed by atoms with Gasteiger partial charge < -0.3 is 0 Å². The van der Waals surface area contributed by atoms with Crippen LogP contribution in [0, 0.1) is 0 Å². The first-order chi connectivity index (χ1) is 33.3. The molecule has 0 fully saturated rings. The molecule has 0 amide bonds. The smallest absolute Gasteiger partial charge is 0.0000701 e. The van der Waals surface area contributed by atoms with Crippen LogP contribution < -0.4 is 0 Å². The van der Waals surface area contributed by atoms with Crippen molar-refractivity contribution < 1.29 is 0 Å². The Labute approximate surface area is 414 Å². The van der Waals surface area contributed by atoms with E-state index in [-0.39, 0.29) is 21.7 Å². The van der Waals surface area contributed by atoms with Gasteiger partial charge in [0.25, 0.3) is 0 Å². The van der Waals surface area contributed by atoms with Crippen LogP contribution in [-0.2, 0) is 21.7 Å². The van der Waals surface area contributed by atoms with Crippen LogP contribution in [0.4, 0.5) is 0 Å². The summed E-state index contributed by atoms with van der Waals surface area (Å²) in [4.78, 5) is 0. The third-order valence-corrected chi connectivity index (χ3v) is 15.6. The summed E-state index contributed by atoms with van der Waals surface area (Å²) in [6.07, 6.45) is 0. The van der Waals surface area contributed by atoms with Gasteiger partial charge in [-0.15, -0.1) is 0 Å². The van der Waals surface area contributed by atoms with E-state index >= 15 is 0 Å². The van der Waals surface area contributed by atoms with Crippen LogP contribution >= 0.6 is 0 Å². The van der Waals surface area contributed by atoms with Gasteiger partial charge in [0.2, 0.25) is 0 Å². The number of benzene rings is 10. The van der Waals surface area contributed by atoms with Crippen LogP contribution in [0.5, 0.6) is 0 Å². The van der Waals surface area contributed by atoms with Crippen LogP contribution in [0.2, 0.25) is 0 Å². The molecule has 0 nitrogen and oxygen atoms in total. The van der Waals surface area contributed by atoms with E-state index in [0.29, 0.717) is 0 Å². The average Bonchev–Trinajstić information content (AvgIpc) is 3.84. The molecule has 0 N–H and O–H groups in total. The van der Waals surface area contributed by atoms with Crippen molar-refractivity contribution in [2.24, 2.45) is 0 Å². The summed E-state index contributed by atoms with van der Waals surface area (Å²) < 4.78 is 0. The largest absolute Gasteiger partial charge is 0.0622 e. The molecule has 12 rings (SSSR count). The van der Waals surface area contributed by atoms with Gasteiger partial charge in [0.15, 0.2) is 0 Å². The SMILES string of the molecule is CC(C)(C)c1cc2cc(C(C)(C)C)cc3c2c(c1)c1c2c(-c4ccccc4)c(-c4ccccc4)c(-c4ccccc4)c(-c4ccccc4)c2c2c4cc(C(C)(C)C)cc5cc(C(C)(C)C)cc(c54)c2c31. The maximum absolute atomic E-state index is 2.59. The Kier molecular flexibility index (Phi) is 9.62. The maximum atomic E-state index is 2.59. The highest BCUT2D eigenvalue weighted by Gasteiger charge is 2.34. The third kappa shape index (κ3) is 6.70. The van der Waals surface area contributed by atoms with Gasteiger partial charge in [-0.2, -0.15) is 0 Å². The highest BCUT2D eigenvalue weighted by Crippen LogP contribution is 2.60. The average molecular weight is 905 g/mol. The summed E-state index contributed by atoms with van der Waals surface area (Å²) in [6.45, 7) is 28.6. The number of hydrogen-bond donors (Lipinski definition) is 0. The first-order valence-corrected chi connectivity index (χ1v) is 25.5. The molecule has 0 heterocycles. The van der Waals surface area contributed by atoms with Crippen LogP contribution in [0.3, 0.4) is 0 Å². The molecule has 0 saturated heterocycles. The van der Waals surface area contributed by atoms with Gasteiger partial charge in [-0.25, -0.2) is 0 Å². The van der Waals surface area contributed by atoms with Gasteiger partial charge in [-0.05, 0) is 188 Å². The summed E-state index contributed by atoms with van der Waals surface area (Å²) in [5.74, 6) is 0. The fraction of sp³-hybridized carbons (Fsp3) is 0.229. The second-order valence-corrected chi connectivity index (χ2v) is 24.5. The lowest BCUT2D eigenvalue weighted by molar-refractivity contribution is 0.589. The number of fused-ring (bicyclic) bond motifs is 10. The Hall–Kier alpha value is -7.02. The molecule has 0 aliphatic carbocycles. The molecule has 0 heteroatoms. The van der Waals surface area contributed by atoms with Gasteiger partial charge in [0.05, 0.1) is 0 Å². The van der Waals surface area contributed by atoms with Crippen molar-refractivity contribution in [1.29, 1.82) is 0 Å². The lowest BCUT2D eigenvalue weighted by Crippen LogP contribution is -2.12. The highest BCUT2D eigenvalue weighted by atomic mass is 14.4. The van der Waals surface area contributed by atoms with Crippen molar-refractivity contribution in [2.45, 2.75) is 105 Å². The molecule has 0 aromatic heterocycles. The van der Waals surface area contributed by atoms with Crippen LogP contribution in [0.25, 0.3) is 120 Å². The summed E-state index contributed by atoms with van der Waals surface area (Å²) in [7, 11) is 0. The molecule has 0 unspecified atom stereocenters. The third-order valence-electron chi connectivity index (χ3n) is 15.6. The predicted molar refractivity (Wildman–Crippen MR) is 308 cm³/mol. The fourth-order valence-electron chi connectivity index (χ4n) is 12.0. The van der Waals surface area contributed by atoms with E-state index in [0.717, 1.165) is 0 Å². The molecule has 344 valence electrons. The van der Waals surface area contributed by atoms with Gasteiger partial charge in [-0.1, -0.05) is 229 Å². The first-order valence-electron chi connectivity index (χ1n) is 25.5. The molecule has 0 saturated carbocycles. The molecule has 70 heavy (non-hydrogen) atoms. The second-order valence-electron chi connectivity index (χ2n) is 24.5. The maximum Gasteiger partial charge on any atom is -0.0000701 e. The minimum Gasteiger partial charge on any atom is -0.0622 e. The number of hydrogen-bond acceptors (Lipinski definition) is 0. The van der Waals surface area contributed by atoms with Crippen molar-refractivity contribution in [2.75, 3.05) is 0 Å². The van der Waals surface area contributed by atoms with Crippen molar-refractivity contribution in [3.05, 3.63) is 192 Å².